The van der Waals surface area contributed by atoms with Crippen molar-refractivity contribution in [2.45, 2.75) is 12.5 Å². The Hall–Kier alpha value is -2.34. The molecule has 22 heavy (non-hydrogen) atoms. The number of halogens is 1. The minimum absolute atomic E-state index is 0.0716. The summed E-state index contributed by atoms with van der Waals surface area (Å²) in [6.07, 6.45) is 0.768. The fourth-order valence-corrected chi connectivity index (χ4v) is 2.92. The minimum Gasteiger partial charge on any atom is -0.214 e. The molecule has 6 heteroatoms. The van der Waals surface area contributed by atoms with Gasteiger partial charge in [-0.05, 0) is 33.7 Å². The van der Waals surface area contributed by atoms with Gasteiger partial charge in [-0.15, -0.1) is 0 Å². The lowest BCUT2D eigenvalue weighted by atomic mass is 9.96. The Balaban J connectivity index is 1.78. The number of tetrazole rings is 1. The second-order valence-electron chi connectivity index (χ2n) is 5.12. The maximum absolute atomic E-state index is 4.61. The van der Waals surface area contributed by atoms with Crippen molar-refractivity contribution in [1.82, 2.24) is 20.2 Å². The van der Waals surface area contributed by atoms with Crippen LogP contribution in [0.25, 0.3) is 0 Å². The summed E-state index contributed by atoms with van der Waals surface area (Å²) in [4.78, 5) is 4.61. The van der Waals surface area contributed by atoms with E-state index in [9.17, 15) is 0 Å². The van der Waals surface area contributed by atoms with Gasteiger partial charge in [-0.1, -0.05) is 63.5 Å². The molecule has 0 aliphatic carbocycles. The second-order valence-corrected chi connectivity index (χ2v) is 6.04. The molecule has 0 spiro atoms. The summed E-state index contributed by atoms with van der Waals surface area (Å²) in [5, 5.41) is 11.9. The summed E-state index contributed by atoms with van der Waals surface area (Å²) in [6.45, 7) is 0. The van der Waals surface area contributed by atoms with Gasteiger partial charge in [0.15, 0.2) is 0 Å². The number of hydrogen-bond acceptors (Lipinski definition) is 4. The van der Waals surface area contributed by atoms with Crippen molar-refractivity contribution < 1.29 is 0 Å². The third kappa shape index (κ3) is 2.35. The van der Waals surface area contributed by atoms with Crippen molar-refractivity contribution >= 4 is 27.6 Å². The van der Waals surface area contributed by atoms with E-state index in [0.717, 1.165) is 22.2 Å². The van der Waals surface area contributed by atoms with Crippen LogP contribution in [-0.2, 0) is 0 Å². The van der Waals surface area contributed by atoms with Crippen LogP contribution in [0.5, 0.6) is 0 Å². The van der Waals surface area contributed by atoms with Crippen LogP contribution in [0, 0.1) is 0 Å². The smallest absolute Gasteiger partial charge is 0.214 e. The molecule has 1 atom stereocenters. The van der Waals surface area contributed by atoms with Crippen LogP contribution in [-0.4, -0.2) is 25.9 Å². The molecule has 1 aliphatic rings. The third-order valence-corrected chi connectivity index (χ3v) is 4.28. The van der Waals surface area contributed by atoms with Gasteiger partial charge in [0, 0.05) is 10.9 Å². The highest BCUT2D eigenvalue weighted by Crippen LogP contribution is 2.31. The Bertz CT molecular complexity index is 823. The molecule has 2 heterocycles. The number of aromatic nitrogens is 4. The Kier molecular flexibility index (Phi) is 3.31. The highest BCUT2D eigenvalue weighted by Gasteiger charge is 2.26. The molecule has 0 bridgehead atoms. The van der Waals surface area contributed by atoms with Crippen molar-refractivity contribution in [1.29, 1.82) is 0 Å². The van der Waals surface area contributed by atoms with Crippen LogP contribution in [0.1, 0.15) is 23.6 Å². The van der Waals surface area contributed by atoms with Crippen LogP contribution in [0.4, 0.5) is 5.95 Å². The largest absolute Gasteiger partial charge is 0.269 e. The molecule has 5 nitrogen and oxygen atoms in total. The third-order valence-electron chi connectivity index (χ3n) is 3.75. The van der Waals surface area contributed by atoms with Crippen LogP contribution < -0.4 is 0 Å². The summed E-state index contributed by atoms with van der Waals surface area (Å²) >= 11 is 3.46. The molecule has 0 saturated heterocycles. The Morgan fingerprint density at radius 1 is 1.00 bits per heavy atom. The highest BCUT2D eigenvalue weighted by molar-refractivity contribution is 9.10. The summed E-state index contributed by atoms with van der Waals surface area (Å²) in [5.74, 6) is 0.554. The summed E-state index contributed by atoms with van der Waals surface area (Å²) < 4.78 is 2.84. The average Bonchev–Trinajstić information content (AvgIpc) is 3.04. The number of benzene rings is 2. The van der Waals surface area contributed by atoms with E-state index < -0.39 is 0 Å². The molecule has 0 N–H and O–H groups in total. The topological polar surface area (TPSA) is 56.0 Å². The summed E-state index contributed by atoms with van der Waals surface area (Å²) in [7, 11) is 0. The first-order valence-electron chi connectivity index (χ1n) is 6.97. The maximum Gasteiger partial charge on any atom is 0.269 e. The molecular formula is C16H12BrN5. The molecule has 0 amide bonds. The van der Waals surface area contributed by atoms with Crippen LogP contribution in [0.3, 0.4) is 0 Å². The first-order valence-corrected chi connectivity index (χ1v) is 7.77. The maximum atomic E-state index is 4.61. The van der Waals surface area contributed by atoms with Crippen LogP contribution >= 0.6 is 15.9 Å². The SMILES string of the molecule is Brc1ccc(C2=Nc3nnnn3C(c3ccccc3)C2)cc1. The molecule has 2 aromatic carbocycles. The van der Waals surface area contributed by atoms with E-state index in [1.807, 2.05) is 30.3 Å². The molecule has 4 rings (SSSR count). The first-order chi connectivity index (χ1) is 10.8. The van der Waals surface area contributed by atoms with Crippen molar-refractivity contribution in [3.63, 3.8) is 0 Å². The first kappa shape index (κ1) is 13.3. The van der Waals surface area contributed by atoms with Gasteiger partial charge in [0.05, 0.1) is 11.8 Å². The molecule has 3 aromatic rings. The van der Waals surface area contributed by atoms with Gasteiger partial charge in [-0.25, -0.2) is 9.67 Å². The lowest BCUT2D eigenvalue weighted by Gasteiger charge is -2.23. The van der Waals surface area contributed by atoms with Gasteiger partial charge in [0.2, 0.25) is 0 Å². The number of fused-ring (bicyclic) bond motifs is 1. The van der Waals surface area contributed by atoms with Gasteiger partial charge < -0.3 is 0 Å². The van der Waals surface area contributed by atoms with E-state index in [-0.39, 0.29) is 6.04 Å². The zero-order valence-electron chi connectivity index (χ0n) is 11.6. The van der Waals surface area contributed by atoms with Gasteiger partial charge in [0.25, 0.3) is 5.95 Å². The lowest BCUT2D eigenvalue weighted by molar-refractivity contribution is 0.515. The van der Waals surface area contributed by atoms with E-state index in [4.69, 9.17) is 0 Å². The Labute approximate surface area is 135 Å². The van der Waals surface area contributed by atoms with Gasteiger partial charge in [0.1, 0.15) is 0 Å². The fraction of sp³-hybridized carbons (Fsp3) is 0.125. The van der Waals surface area contributed by atoms with Crippen molar-refractivity contribution in [2.24, 2.45) is 4.99 Å². The van der Waals surface area contributed by atoms with Crippen LogP contribution in [0.2, 0.25) is 0 Å². The molecule has 1 aliphatic heterocycles. The van der Waals surface area contributed by atoms with Crippen molar-refractivity contribution in [3.8, 4) is 0 Å². The number of rotatable bonds is 2. The predicted molar refractivity (Wildman–Crippen MR) is 87.4 cm³/mol. The zero-order valence-corrected chi connectivity index (χ0v) is 13.2. The number of aliphatic imine (C=N–C) groups is 1. The minimum atomic E-state index is 0.0716. The summed E-state index contributed by atoms with van der Waals surface area (Å²) in [5.41, 5.74) is 3.28. The van der Waals surface area contributed by atoms with Gasteiger partial charge >= 0.3 is 0 Å². The van der Waals surface area contributed by atoms with E-state index >= 15 is 0 Å². The second kappa shape index (κ2) is 5.46. The lowest BCUT2D eigenvalue weighted by Crippen LogP contribution is -2.21. The number of hydrogen-bond donors (Lipinski definition) is 0. The monoisotopic (exact) mass is 353 g/mol. The molecule has 0 saturated carbocycles. The number of nitrogens with zero attached hydrogens (tertiary/aromatic N) is 5. The van der Waals surface area contributed by atoms with E-state index in [0.29, 0.717) is 5.95 Å². The molecular weight excluding hydrogens is 342 g/mol. The van der Waals surface area contributed by atoms with Gasteiger partial charge in [-0.3, -0.25) is 0 Å². The molecule has 1 unspecified atom stereocenters. The summed E-state index contributed by atoms with van der Waals surface area (Å²) in [6, 6.07) is 18.5. The van der Waals surface area contributed by atoms with Crippen molar-refractivity contribution in [2.75, 3.05) is 0 Å². The van der Waals surface area contributed by atoms with Gasteiger partial charge in [-0.2, -0.15) is 0 Å². The molecule has 1 aromatic heterocycles. The molecule has 0 radical (unpaired) electrons. The molecule has 0 fully saturated rings. The van der Waals surface area contributed by atoms with E-state index in [1.54, 1.807) is 4.68 Å². The zero-order chi connectivity index (χ0) is 14.9. The average molecular weight is 354 g/mol. The Morgan fingerprint density at radius 3 is 2.55 bits per heavy atom. The fourth-order valence-electron chi connectivity index (χ4n) is 2.66. The Morgan fingerprint density at radius 2 is 1.77 bits per heavy atom. The standard InChI is InChI=1S/C16H12BrN5/c17-13-8-6-11(7-9-13)14-10-15(12-4-2-1-3-5-12)22-16(18-14)19-20-21-22/h1-9,15H,10H2. The van der Waals surface area contributed by atoms with Crippen LogP contribution in [0.15, 0.2) is 64.1 Å². The predicted octanol–water partition coefficient (Wildman–Crippen LogP) is 3.55. The normalized spacial score (nSPS) is 17.0. The highest BCUT2D eigenvalue weighted by atomic mass is 79.9. The van der Waals surface area contributed by atoms with Crippen molar-refractivity contribution in [3.05, 3.63) is 70.2 Å². The quantitative estimate of drug-likeness (QED) is 0.707. The van der Waals surface area contributed by atoms with E-state index in [2.05, 4.69) is 60.7 Å². The van der Waals surface area contributed by atoms with E-state index in [1.165, 1.54) is 5.56 Å². The molecule has 108 valence electrons.